The lowest BCUT2D eigenvalue weighted by molar-refractivity contribution is -0.176. The minimum absolute atomic E-state index is 0.00453. The van der Waals surface area contributed by atoms with Gasteiger partial charge in [-0.25, -0.2) is 0 Å². The first-order valence-corrected chi connectivity index (χ1v) is 9.32. The number of carbonyl (C=O) groups excluding carboxylic acids is 1. The van der Waals surface area contributed by atoms with E-state index in [-0.39, 0.29) is 19.1 Å². The van der Waals surface area contributed by atoms with Crippen LogP contribution < -0.4 is 16.0 Å². The number of alkyl halides is 3. The highest BCUT2D eigenvalue weighted by Gasteiger charge is 2.27. The van der Waals surface area contributed by atoms with Gasteiger partial charge in [-0.15, -0.1) is 6.42 Å². The Morgan fingerprint density at radius 3 is 2.48 bits per heavy atom. The third kappa shape index (κ3) is 9.23. The number of guanidine groups is 1. The highest BCUT2D eigenvalue weighted by atomic mass is 19.4. The molecule has 3 N–H and O–H groups in total. The van der Waals surface area contributed by atoms with Gasteiger partial charge in [-0.1, -0.05) is 36.3 Å². The summed E-state index contributed by atoms with van der Waals surface area (Å²) >= 11 is 0. The van der Waals surface area contributed by atoms with Crippen LogP contribution in [-0.4, -0.2) is 38.2 Å². The number of anilines is 1. The Labute approximate surface area is 178 Å². The van der Waals surface area contributed by atoms with E-state index in [4.69, 9.17) is 6.42 Å². The Morgan fingerprint density at radius 1 is 1.13 bits per heavy atom. The van der Waals surface area contributed by atoms with Crippen molar-refractivity contribution in [3.63, 3.8) is 0 Å². The molecule has 164 valence electrons. The summed E-state index contributed by atoms with van der Waals surface area (Å²) in [4.78, 5) is 16.2. The Kier molecular flexibility index (Phi) is 8.91. The van der Waals surface area contributed by atoms with Gasteiger partial charge in [0.1, 0.15) is 6.61 Å². The van der Waals surface area contributed by atoms with Crippen molar-refractivity contribution in [2.45, 2.75) is 19.3 Å². The Hall–Kier alpha value is -3.51. The van der Waals surface area contributed by atoms with Crippen molar-refractivity contribution in [2.24, 2.45) is 4.99 Å². The SMILES string of the molecule is C#Cc1cccc(NC(=O)CNC(=NC)NCc2ccc(COCC(F)(F)F)cc2)c1. The lowest BCUT2D eigenvalue weighted by atomic mass is 10.1. The maximum atomic E-state index is 12.1. The Bertz CT molecular complexity index is 935. The zero-order valence-electron chi connectivity index (χ0n) is 16.9. The zero-order valence-corrected chi connectivity index (χ0v) is 16.9. The number of terminal acetylenes is 1. The molecule has 1 amide bonds. The van der Waals surface area contributed by atoms with Crippen molar-refractivity contribution in [2.75, 3.05) is 25.5 Å². The monoisotopic (exact) mass is 432 g/mol. The van der Waals surface area contributed by atoms with Gasteiger partial charge in [0, 0.05) is 24.8 Å². The van der Waals surface area contributed by atoms with Crippen LogP contribution in [0, 0.1) is 12.3 Å². The molecule has 31 heavy (non-hydrogen) atoms. The van der Waals surface area contributed by atoms with Gasteiger partial charge in [0.05, 0.1) is 13.2 Å². The van der Waals surface area contributed by atoms with E-state index < -0.39 is 12.8 Å². The lowest BCUT2D eigenvalue weighted by Gasteiger charge is -2.13. The molecule has 2 rings (SSSR count). The summed E-state index contributed by atoms with van der Waals surface area (Å²) in [5, 5.41) is 8.70. The number of nitrogens with zero attached hydrogens (tertiary/aromatic N) is 1. The summed E-state index contributed by atoms with van der Waals surface area (Å²) in [5.74, 6) is 2.66. The number of nitrogens with one attached hydrogen (secondary N) is 3. The second kappa shape index (κ2) is 11.6. The zero-order chi connectivity index (χ0) is 22.7. The van der Waals surface area contributed by atoms with E-state index in [2.05, 4.69) is 31.6 Å². The van der Waals surface area contributed by atoms with E-state index in [0.29, 0.717) is 29.3 Å². The molecule has 0 aromatic heterocycles. The molecule has 0 aliphatic heterocycles. The number of benzene rings is 2. The number of halogens is 3. The Morgan fingerprint density at radius 2 is 1.84 bits per heavy atom. The van der Waals surface area contributed by atoms with Gasteiger partial charge in [0.15, 0.2) is 5.96 Å². The van der Waals surface area contributed by atoms with Crippen LogP contribution >= 0.6 is 0 Å². The quantitative estimate of drug-likeness (QED) is 0.341. The number of ether oxygens (including phenoxy) is 1. The summed E-state index contributed by atoms with van der Waals surface area (Å²) in [6.07, 6.45) is 1.01. The molecule has 0 aliphatic carbocycles. The molecule has 0 bridgehead atoms. The maximum Gasteiger partial charge on any atom is 0.411 e. The largest absolute Gasteiger partial charge is 0.411 e. The van der Waals surface area contributed by atoms with Crippen molar-refractivity contribution in [1.82, 2.24) is 10.6 Å². The molecule has 0 atom stereocenters. The fraction of sp³-hybridized carbons (Fsp3) is 0.273. The van der Waals surface area contributed by atoms with Crippen molar-refractivity contribution < 1.29 is 22.7 Å². The highest BCUT2D eigenvalue weighted by molar-refractivity contribution is 5.95. The van der Waals surface area contributed by atoms with Crippen molar-refractivity contribution in [1.29, 1.82) is 0 Å². The highest BCUT2D eigenvalue weighted by Crippen LogP contribution is 2.16. The van der Waals surface area contributed by atoms with Crippen molar-refractivity contribution >= 4 is 17.6 Å². The summed E-state index contributed by atoms with van der Waals surface area (Å²) < 4.78 is 40.9. The third-order valence-corrected chi connectivity index (χ3v) is 3.97. The average molecular weight is 432 g/mol. The smallest absolute Gasteiger partial charge is 0.367 e. The van der Waals surface area contributed by atoms with Crippen LogP contribution in [-0.2, 0) is 22.7 Å². The first-order valence-electron chi connectivity index (χ1n) is 9.32. The number of aliphatic imine (C=N–C) groups is 1. The second-order valence-corrected chi connectivity index (χ2v) is 6.48. The molecule has 0 spiro atoms. The summed E-state index contributed by atoms with van der Waals surface area (Å²) in [6, 6.07) is 13.9. The number of rotatable bonds is 8. The number of amides is 1. The van der Waals surface area contributed by atoms with Gasteiger partial charge in [0.25, 0.3) is 0 Å². The first kappa shape index (κ1) is 23.8. The van der Waals surface area contributed by atoms with Crippen LogP contribution in [0.15, 0.2) is 53.5 Å². The minimum atomic E-state index is -4.34. The summed E-state index contributed by atoms with van der Waals surface area (Å²) in [5.41, 5.74) is 2.80. The fourth-order valence-corrected chi connectivity index (χ4v) is 2.50. The molecule has 2 aromatic carbocycles. The van der Waals surface area contributed by atoms with Crippen LogP contribution in [0.25, 0.3) is 0 Å². The molecule has 0 radical (unpaired) electrons. The van der Waals surface area contributed by atoms with E-state index in [1.165, 1.54) is 0 Å². The molecule has 9 heteroatoms. The van der Waals surface area contributed by atoms with Gasteiger partial charge >= 0.3 is 6.18 Å². The molecule has 0 fully saturated rings. The summed E-state index contributed by atoms with van der Waals surface area (Å²) in [6.45, 7) is -0.984. The maximum absolute atomic E-state index is 12.1. The molecule has 0 unspecified atom stereocenters. The van der Waals surface area contributed by atoms with Crippen LogP contribution in [0.5, 0.6) is 0 Å². The van der Waals surface area contributed by atoms with Crippen LogP contribution in [0.4, 0.5) is 18.9 Å². The molecule has 0 aliphatic rings. The second-order valence-electron chi connectivity index (χ2n) is 6.48. The molecular formula is C22H23F3N4O2. The van der Waals surface area contributed by atoms with E-state index in [1.807, 2.05) is 0 Å². The third-order valence-electron chi connectivity index (χ3n) is 3.97. The van der Waals surface area contributed by atoms with Crippen LogP contribution in [0.1, 0.15) is 16.7 Å². The lowest BCUT2D eigenvalue weighted by Crippen LogP contribution is -2.41. The topological polar surface area (TPSA) is 74.8 Å². The van der Waals surface area contributed by atoms with Gasteiger partial charge in [-0.2, -0.15) is 13.2 Å². The molecule has 0 saturated carbocycles. The number of carbonyl (C=O) groups is 1. The van der Waals surface area contributed by atoms with E-state index in [9.17, 15) is 18.0 Å². The molecule has 6 nitrogen and oxygen atoms in total. The fourth-order valence-electron chi connectivity index (χ4n) is 2.50. The van der Waals surface area contributed by atoms with Crippen molar-refractivity contribution in [3.8, 4) is 12.3 Å². The van der Waals surface area contributed by atoms with Gasteiger partial charge in [0.2, 0.25) is 5.91 Å². The van der Waals surface area contributed by atoms with Crippen molar-refractivity contribution in [3.05, 3.63) is 65.2 Å². The van der Waals surface area contributed by atoms with E-state index in [1.54, 1.807) is 55.6 Å². The first-order chi connectivity index (χ1) is 14.8. The number of hydrogen-bond acceptors (Lipinski definition) is 3. The number of hydrogen-bond donors (Lipinski definition) is 3. The van der Waals surface area contributed by atoms with Gasteiger partial charge < -0.3 is 20.7 Å². The molecular weight excluding hydrogens is 409 g/mol. The standard InChI is InChI=1S/C22H23F3N4O2/c1-3-16-5-4-6-19(11-16)29-20(30)13-28-21(26-2)27-12-17-7-9-18(10-8-17)14-31-15-22(23,24)25/h1,4-11H,12-15H2,2H3,(H,29,30)(H2,26,27,28). The minimum Gasteiger partial charge on any atom is -0.367 e. The van der Waals surface area contributed by atoms with Gasteiger partial charge in [-0.3, -0.25) is 9.79 Å². The molecule has 0 saturated heterocycles. The Balaban J connectivity index is 1.75. The predicted octanol–water partition coefficient (Wildman–Crippen LogP) is 3.05. The summed E-state index contributed by atoms with van der Waals surface area (Å²) in [7, 11) is 1.57. The van der Waals surface area contributed by atoms with E-state index >= 15 is 0 Å². The molecule has 2 aromatic rings. The average Bonchev–Trinajstić information content (AvgIpc) is 2.74. The van der Waals surface area contributed by atoms with E-state index in [0.717, 1.165) is 5.56 Å². The normalized spacial score (nSPS) is 11.5. The van der Waals surface area contributed by atoms with Crippen LogP contribution in [0.3, 0.4) is 0 Å². The van der Waals surface area contributed by atoms with Gasteiger partial charge in [-0.05, 0) is 29.3 Å². The predicted molar refractivity (Wildman–Crippen MR) is 113 cm³/mol. The molecule has 0 heterocycles. The van der Waals surface area contributed by atoms with Crippen LogP contribution in [0.2, 0.25) is 0 Å².